The molecule has 0 radical (unpaired) electrons. The lowest BCUT2D eigenvalue weighted by molar-refractivity contribution is -0.693. The quantitative estimate of drug-likeness (QED) is 0.465. The van der Waals surface area contributed by atoms with Crippen LogP contribution in [0.25, 0.3) is 0 Å². The normalized spacial score (nSPS) is 12.8. The van der Waals surface area contributed by atoms with Crippen molar-refractivity contribution in [2.24, 2.45) is 0 Å². The maximum absolute atomic E-state index is 12.5. The van der Waals surface area contributed by atoms with Crippen molar-refractivity contribution in [3.05, 3.63) is 89.2 Å². The van der Waals surface area contributed by atoms with E-state index in [-0.39, 0.29) is 24.2 Å². The molecular weight excluding hydrogens is 386 g/mol. The Morgan fingerprint density at radius 2 is 1.72 bits per heavy atom. The molecule has 0 aliphatic carbocycles. The SMILES string of the molecule is Cc1cc(C(=O)CC[NH2+]C(C)C(O)c2ccccc2)nn1Cc1ccccc1.[Cl-]. The molecule has 0 aliphatic heterocycles. The van der Waals surface area contributed by atoms with Crippen molar-refractivity contribution in [2.45, 2.75) is 39.0 Å². The first-order chi connectivity index (χ1) is 13.5. The Labute approximate surface area is 178 Å². The smallest absolute Gasteiger partial charge is 0.188 e. The number of aromatic nitrogens is 2. The summed E-state index contributed by atoms with van der Waals surface area (Å²) in [5.41, 5.74) is 3.54. The number of carbonyl (C=O) groups is 1. The molecule has 6 heteroatoms. The Hall–Kier alpha value is -2.47. The molecular formula is C23H28ClN3O2. The van der Waals surface area contributed by atoms with Gasteiger partial charge in [-0.05, 0) is 31.0 Å². The van der Waals surface area contributed by atoms with E-state index in [0.717, 1.165) is 16.8 Å². The van der Waals surface area contributed by atoms with E-state index in [1.54, 1.807) is 0 Å². The highest BCUT2D eigenvalue weighted by atomic mass is 35.5. The first-order valence-electron chi connectivity index (χ1n) is 9.72. The third-order valence-electron chi connectivity index (χ3n) is 4.99. The van der Waals surface area contributed by atoms with Crippen molar-refractivity contribution in [3.63, 3.8) is 0 Å². The summed E-state index contributed by atoms with van der Waals surface area (Å²) < 4.78 is 1.87. The van der Waals surface area contributed by atoms with Gasteiger partial charge in [-0.25, -0.2) is 0 Å². The van der Waals surface area contributed by atoms with Crippen molar-refractivity contribution < 1.29 is 27.6 Å². The number of ketones is 1. The summed E-state index contributed by atoms with van der Waals surface area (Å²) in [7, 11) is 0. The number of carbonyl (C=O) groups excluding carboxylic acids is 1. The monoisotopic (exact) mass is 413 g/mol. The van der Waals surface area contributed by atoms with Crippen molar-refractivity contribution in [2.75, 3.05) is 6.54 Å². The molecule has 0 spiro atoms. The number of hydrogen-bond donors (Lipinski definition) is 2. The van der Waals surface area contributed by atoms with Crippen LogP contribution in [-0.4, -0.2) is 33.3 Å². The van der Waals surface area contributed by atoms with Gasteiger partial charge in [0.25, 0.3) is 0 Å². The van der Waals surface area contributed by atoms with E-state index in [1.165, 1.54) is 0 Å². The van der Waals surface area contributed by atoms with Gasteiger partial charge in [-0.1, -0.05) is 60.7 Å². The number of Topliss-reactive ketones (excluding diaryl/α,β-unsaturated/α-hetero) is 1. The molecule has 3 aromatic rings. The van der Waals surface area contributed by atoms with Gasteiger partial charge in [0.05, 0.1) is 19.5 Å². The molecule has 1 aromatic heterocycles. The van der Waals surface area contributed by atoms with Crippen molar-refractivity contribution in [1.82, 2.24) is 9.78 Å². The summed E-state index contributed by atoms with van der Waals surface area (Å²) in [6.45, 7) is 5.22. The minimum absolute atomic E-state index is 0. The standard InChI is InChI=1S/C23H27N3O2.ClH/c1-17-15-21(25-26(17)16-19-9-5-3-6-10-19)22(27)13-14-24-18(2)23(28)20-11-7-4-8-12-20;/h3-12,15,18,23-24,28H,13-14,16H2,1-2H3;1H. The van der Waals surface area contributed by atoms with Crippen LogP contribution in [0.5, 0.6) is 0 Å². The molecule has 0 saturated carbocycles. The average Bonchev–Trinajstić information content (AvgIpc) is 3.09. The maximum atomic E-state index is 12.5. The molecule has 0 amide bonds. The van der Waals surface area contributed by atoms with Gasteiger partial charge in [-0.3, -0.25) is 9.48 Å². The highest BCUT2D eigenvalue weighted by molar-refractivity contribution is 5.94. The molecule has 0 aliphatic rings. The largest absolute Gasteiger partial charge is 1.00 e. The van der Waals surface area contributed by atoms with Gasteiger partial charge < -0.3 is 22.8 Å². The zero-order chi connectivity index (χ0) is 19.9. The Morgan fingerprint density at radius 1 is 1.10 bits per heavy atom. The van der Waals surface area contributed by atoms with Gasteiger partial charge >= 0.3 is 0 Å². The zero-order valence-electron chi connectivity index (χ0n) is 16.8. The lowest BCUT2D eigenvalue weighted by Gasteiger charge is -2.17. The van der Waals surface area contributed by atoms with E-state index >= 15 is 0 Å². The first kappa shape index (κ1) is 22.8. The third-order valence-corrected chi connectivity index (χ3v) is 4.99. The van der Waals surface area contributed by atoms with Gasteiger partial charge in [0.2, 0.25) is 0 Å². The molecule has 0 saturated heterocycles. The molecule has 154 valence electrons. The van der Waals surface area contributed by atoms with Gasteiger partial charge in [-0.2, -0.15) is 5.10 Å². The number of nitrogens with zero attached hydrogens (tertiary/aromatic N) is 2. The minimum Gasteiger partial charge on any atom is -1.00 e. The Bertz CT molecular complexity index is 897. The maximum Gasteiger partial charge on any atom is 0.188 e. The Morgan fingerprint density at radius 3 is 2.38 bits per heavy atom. The predicted octanol–water partition coefficient (Wildman–Crippen LogP) is -0.498. The van der Waals surface area contributed by atoms with Crippen molar-refractivity contribution >= 4 is 5.78 Å². The number of aryl methyl sites for hydroxylation is 1. The second kappa shape index (κ2) is 10.9. The number of halogens is 1. The van der Waals surface area contributed by atoms with E-state index in [1.807, 2.05) is 78.4 Å². The van der Waals surface area contributed by atoms with E-state index < -0.39 is 6.10 Å². The number of quaternary nitrogens is 1. The number of aliphatic hydroxyl groups is 1. The number of nitrogens with two attached hydrogens (primary N) is 1. The fraction of sp³-hybridized carbons (Fsp3) is 0.304. The number of aliphatic hydroxyl groups excluding tert-OH is 1. The summed E-state index contributed by atoms with van der Waals surface area (Å²) in [5, 5.41) is 16.9. The van der Waals surface area contributed by atoms with Crippen LogP contribution in [-0.2, 0) is 6.54 Å². The van der Waals surface area contributed by atoms with Gasteiger partial charge in [0.1, 0.15) is 17.8 Å². The molecule has 3 N–H and O–H groups in total. The minimum atomic E-state index is -0.552. The molecule has 3 rings (SSSR count). The topological polar surface area (TPSA) is 71.7 Å². The number of hydrogen-bond acceptors (Lipinski definition) is 3. The summed E-state index contributed by atoms with van der Waals surface area (Å²) in [6.07, 6.45) is -0.156. The highest BCUT2D eigenvalue weighted by Crippen LogP contribution is 2.14. The molecule has 5 nitrogen and oxygen atoms in total. The third kappa shape index (κ3) is 6.26. The van der Waals surface area contributed by atoms with Gasteiger partial charge in [0, 0.05) is 5.69 Å². The fourth-order valence-corrected chi connectivity index (χ4v) is 3.25. The molecule has 1 heterocycles. The summed E-state index contributed by atoms with van der Waals surface area (Å²) in [4.78, 5) is 12.5. The van der Waals surface area contributed by atoms with Gasteiger partial charge in [0.15, 0.2) is 5.78 Å². The van der Waals surface area contributed by atoms with Crippen LogP contribution in [0, 0.1) is 6.92 Å². The van der Waals surface area contributed by atoms with E-state index in [9.17, 15) is 9.90 Å². The van der Waals surface area contributed by atoms with Crippen LogP contribution >= 0.6 is 0 Å². The molecule has 0 fully saturated rings. The van der Waals surface area contributed by atoms with Crippen molar-refractivity contribution in [1.29, 1.82) is 0 Å². The molecule has 0 bridgehead atoms. The Kier molecular flexibility index (Phi) is 8.58. The van der Waals surface area contributed by atoms with Crippen LogP contribution < -0.4 is 17.7 Å². The second-order valence-corrected chi connectivity index (χ2v) is 7.23. The lowest BCUT2D eigenvalue weighted by atomic mass is 10.0. The van der Waals surface area contributed by atoms with Crippen molar-refractivity contribution in [3.8, 4) is 0 Å². The number of benzene rings is 2. The van der Waals surface area contributed by atoms with E-state index in [0.29, 0.717) is 25.2 Å². The van der Waals surface area contributed by atoms with Crippen LogP contribution in [0.4, 0.5) is 0 Å². The van der Waals surface area contributed by atoms with E-state index in [2.05, 4.69) is 17.2 Å². The van der Waals surface area contributed by atoms with Crippen LogP contribution in [0.3, 0.4) is 0 Å². The van der Waals surface area contributed by atoms with Crippen LogP contribution in [0.15, 0.2) is 66.7 Å². The molecule has 2 unspecified atom stereocenters. The lowest BCUT2D eigenvalue weighted by Crippen LogP contribution is -3.00. The molecule has 2 atom stereocenters. The number of rotatable bonds is 9. The molecule has 29 heavy (non-hydrogen) atoms. The predicted molar refractivity (Wildman–Crippen MR) is 109 cm³/mol. The van der Waals surface area contributed by atoms with Gasteiger partial charge in [-0.15, -0.1) is 0 Å². The summed E-state index contributed by atoms with van der Waals surface area (Å²) >= 11 is 0. The fourth-order valence-electron chi connectivity index (χ4n) is 3.25. The first-order valence-corrected chi connectivity index (χ1v) is 9.72. The summed E-state index contributed by atoms with van der Waals surface area (Å²) in [5.74, 6) is 0.0348. The Balaban J connectivity index is 0.00000300. The average molecular weight is 414 g/mol. The van der Waals surface area contributed by atoms with E-state index in [4.69, 9.17) is 0 Å². The zero-order valence-corrected chi connectivity index (χ0v) is 17.6. The van der Waals surface area contributed by atoms with Crippen LogP contribution in [0.1, 0.15) is 46.8 Å². The second-order valence-electron chi connectivity index (χ2n) is 7.23. The van der Waals surface area contributed by atoms with Crippen LogP contribution in [0.2, 0.25) is 0 Å². The summed E-state index contributed by atoms with van der Waals surface area (Å²) in [6, 6.07) is 21.5. The molecule has 2 aromatic carbocycles. The highest BCUT2D eigenvalue weighted by Gasteiger charge is 2.20.